The van der Waals surface area contributed by atoms with E-state index in [2.05, 4.69) is 16.9 Å². The van der Waals surface area contributed by atoms with Gasteiger partial charge in [0.25, 0.3) is 0 Å². The summed E-state index contributed by atoms with van der Waals surface area (Å²) in [6, 6.07) is 12.5. The normalized spacial score (nSPS) is 11.8. The lowest BCUT2D eigenvalue weighted by Gasteiger charge is -2.08. The van der Waals surface area contributed by atoms with Crippen LogP contribution in [0.3, 0.4) is 0 Å². The predicted octanol–water partition coefficient (Wildman–Crippen LogP) is 7.76. The minimum absolute atomic E-state index is 0.194. The van der Waals surface area contributed by atoms with Crippen LogP contribution in [0.4, 0.5) is 13.2 Å². The predicted molar refractivity (Wildman–Crippen MR) is 121 cm³/mol. The van der Waals surface area contributed by atoms with Crippen molar-refractivity contribution in [2.24, 2.45) is 0 Å². The van der Waals surface area contributed by atoms with E-state index in [1.165, 1.54) is 15.9 Å². The maximum absolute atomic E-state index is 13.4. The number of imidazole rings is 1. The van der Waals surface area contributed by atoms with Crippen LogP contribution < -0.4 is 0 Å². The molecule has 1 aromatic carbocycles. The first kappa shape index (κ1) is 21.9. The average Bonchev–Trinajstić information content (AvgIpc) is 3.37. The van der Waals surface area contributed by atoms with E-state index in [0.29, 0.717) is 15.6 Å². The van der Waals surface area contributed by atoms with Crippen LogP contribution in [0.1, 0.15) is 18.2 Å². The second-order valence-corrected chi connectivity index (χ2v) is 9.46. The lowest BCUT2D eigenvalue weighted by atomic mass is 10.2. The van der Waals surface area contributed by atoms with E-state index in [4.69, 9.17) is 11.6 Å². The number of pyridine rings is 1. The van der Waals surface area contributed by atoms with E-state index in [-0.39, 0.29) is 5.82 Å². The van der Waals surface area contributed by atoms with Gasteiger partial charge in [-0.1, -0.05) is 30.7 Å². The van der Waals surface area contributed by atoms with Gasteiger partial charge in [0.15, 0.2) is 11.5 Å². The number of thiophene rings is 1. The van der Waals surface area contributed by atoms with Crippen LogP contribution in [0.5, 0.6) is 0 Å². The Bertz CT molecular complexity index is 1230. The first-order chi connectivity index (χ1) is 14.8. The molecule has 0 saturated carbocycles. The number of aromatic nitrogens is 3. The summed E-state index contributed by atoms with van der Waals surface area (Å²) in [7, 11) is 0. The lowest BCUT2D eigenvalue weighted by molar-refractivity contribution is -0.140. The van der Waals surface area contributed by atoms with Crippen molar-refractivity contribution in [3.63, 3.8) is 0 Å². The molecule has 0 aliphatic rings. The Morgan fingerprint density at radius 2 is 1.87 bits per heavy atom. The summed E-state index contributed by atoms with van der Waals surface area (Å²) in [6.45, 7) is 4.07. The van der Waals surface area contributed by atoms with E-state index in [1.807, 2.05) is 19.1 Å². The smallest absolute Gasteiger partial charge is 0.297 e. The Hall–Kier alpha value is -2.29. The molecule has 0 unspecified atom stereocenters. The van der Waals surface area contributed by atoms with Crippen LogP contribution in [0, 0.1) is 6.92 Å². The van der Waals surface area contributed by atoms with Gasteiger partial charge in [-0.25, -0.2) is 9.97 Å². The van der Waals surface area contributed by atoms with Gasteiger partial charge < -0.3 is 0 Å². The monoisotopic (exact) mass is 479 g/mol. The summed E-state index contributed by atoms with van der Waals surface area (Å²) in [5.41, 5.74) is 1.46. The zero-order valence-electron chi connectivity index (χ0n) is 16.6. The number of hydrogen-bond donors (Lipinski definition) is 0. The molecule has 0 aliphatic heterocycles. The molecule has 0 spiro atoms. The van der Waals surface area contributed by atoms with Crippen LogP contribution in [0.2, 0.25) is 5.02 Å². The minimum Gasteiger partial charge on any atom is -0.297 e. The van der Waals surface area contributed by atoms with Crippen molar-refractivity contribution in [3.8, 4) is 26.8 Å². The second-order valence-electron chi connectivity index (χ2n) is 6.71. The van der Waals surface area contributed by atoms with Crippen molar-refractivity contribution in [2.75, 3.05) is 5.75 Å². The third-order valence-electron chi connectivity index (χ3n) is 4.53. The highest BCUT2D eigenvalue weighted by Crippen LogP contribution is 2.39. The Morgan fingerprint density at radius 3 is 2.55 bits per heavy atom. The fraction of sp³-hybridized carbons (Fsp3) is 0.182. The van der Waals surface area contributed by atoms with E-state index in [1.54, 1.807) is 48.3 Å². The molecule has 4 aromatic rings. The quantitative estimate of drug-likeness (QED) is 0.274. The summed E-state index contributed by atoms with van der Waals surface area (Å²) < 4.78 is 41.6. The number of para-hydroxylation sites is 1. The number of alkyl halides is 3. The molecule has 4 rings (SSSR count). The van der Waals surface area contributed by atoms with Gasteiger partial charge in [0.1, 0.15) is 0 Å². The molecule has 0 fully saturated rings. The van der Waals surface area contributed by atoms with Crippen LogP contribution in [-0.4, -0.2) is 20.3 Å². The molecule has 160 valence electrons. The summed E-state index contributed by atoms with van der Waals surface area (Å²) in [6.07, 6.45) is -1.78. The van der Waals surface area contributed by atoms with Gasteiger partial charge in [-0.3, -0.25) is 4.57 Å². The van der Waals surface area contributed by atoms with Crippen LogP contribution >= 0.6 is 34.7 Å². The standard InChI is InChI=1S/C22H17ClF3N3S2/c1-3-30-21-13(2)10-14(11-27-21)17-8-9-18(31-17)20-28-19(22(24,25)26)12-29(20)16-7-5-4-6-15(16)23/h4-12H,3H2,1-2H3. The fourth-order valence-electron chi connectivity index (χ4n) is 3.12. The average molecular weight is 480 g/mol. The highest BCUT2D eigenvalue weighted by atomic mass is 35.5. The summed E-state index contributed by atoms with van der Waals surface area (Å²) in [5.74, 6) is 1.13. The highest BCUT2D eigenvalue weighted by molar-refractivity contribution is 7.99. The largest absolute Gasteiger partial charge is 0.434 e. The third kappa shape index (κ3) is 4.51. The number of hydrogen-bond acceptors (Lipinski definition) is 4. The van der Waals surface area contributed by atoms with Gasteiger partial charge in [0.05, 0.1) is 20.6 Å². The molecule has 3 heterocycles. The molecule has 0 bridgehead atoms. The molecule has 31 heavy (non-hydrogen) atoms. The minimum atomic E-state index is -4.56. The van der Waals surface area contributed by atoms with Crippen molar-refractivity contribution in [3.05, 3.63) is 71.1 Å². The van der Waals surface area contributed by atoms with Gasteiger partial charge in [-0.2, -0.15) is 13.2 Å². The van der Waals surface area contributed by atoms with Crippen molar-refractivity contribution in [2.45, 2.75) is 25.0 Å². The fourth-order valence-corrected chi connectivity index (χ4v) is 5.01. The molecule has 3 aromatic heterocycles. The molecule has 0 amide bonds. The molecule has 9 heteroatoms. The van der Waals surface area contributed by atoms with Gasteiger partial charge >= 0.3 is 6.18 Å². The van der Waals surface area contributed by atoms with Crippen molar-refractivity contribution in [1.82, 2.24) is 14.5 Å². The van der Waals surface area contributed by atoms with Crippen LogP contribution in [0.15, 0.2) is 59.9 Å². The van der Waals surface area contributed by atoms with Gasteiger partial charge in [0, 0.05) is 22.8 Å². The Balaban J connectivity index is 1.79. The lowest BCUT2D eigenvalue weighted by Crippen LogP contribution is -2.04. The Morgan fingerprint density at radius 1 is 1.13 bits per heavy atom. The zero-order chi connectivity index (χ0) is 22.2. The van der Waals surface area contributed by atoms with Crippen molar-refractivity contribution < 1.29 is 13.2 Å². The zero-order valence-corrected chi connectivity index (χ0v) is 19.0. The third-order valence-corrected chi connectivity index (χ3v) is 6.97. The number of thioether (sulfide) groups is 1. The van der Waals surface area contributed by atoms with Crippen molar-refractivity contribution >= 4 is 34.7 Å². The number of aryl methyl sites for hydroxylation is 1. The Labute approximate surface area is 190 Å². The van der Waals surface area contributed by atoms with Crippen molar-refractivity contribution in [1.29, 1.82) is 0 Å². The van der Waals surface area contributed by atoms with Gasteiger partial charge in [-0.05, 0) is 48.6 Å². The molecular weight excluding hydrogens is 463 g/mol. The van der Waals surface area contributed by atoms with Gasteiger partial charge in [-0.15, -0.1) is 23.1 Å². The Kier molecular flexibility index (Phi) is 6.14. The molecule has 0 aliphatic carbocycles. The van der Waals surface area contributed by atoms with E-state index in [9.17, 15) is 13.2 Å². The summed E-state index contributed by atoms with van der Waals surface area (Å²) in [5, 5.41) is 1.32. The molecular formula is C22H17ClF3N3S2. The molecule has 0 N–H and O–H groups in total. The molecule has 0 radical (unpaired) electrons. The number of rotatable bonds is 5. The first-order valence-electron chi connectivity index (χ1n) is 9.39. The van der Waals surface area contributed by atoms with Crippen LogP contribution in [0.25, 0.3) is 26.8 Å². The van der Waals surface area contributed by atoms with E-state index in [0.717, 1.165) is 33.0 Å². The maximum Gasteiger partial charge on any atom is 0.434 e. The van der Waals surface area contributed by atoms with Gasteiger partial charge in [0.2, 0.25) is 0 Å². The highest BCUT2D eigenvalue weighted by Gasteiger charge is 2.35. The van der Waals surface area contributed by atoms with Crippen LogP contribution in [-0.2, 0) is 6.18 Å². The molecule has 0 saturated heterocycles. The molecule has 0 atom stereocenters. The van der Waals surface area contributed by atoms with E-state index >= 15 is 0 Å². The number of nitrogens with zero attached hydrogens (tertiary/aromatic N) is 3. The summed E-state index contributed by atoms with van der Waals surface area (Å²) in [4.78, 5) is 9.94. The number of halogens is 4. The van der Waals surface area contributed by atoms with E-state index < -0.39 is 11.9 Å². The number of benzene rings is 1. The summed E-state index contributed by atoms with van der Waals surface area (Å²) >= 11 is 9.30. The second kappa shape index (κ2) is 8.68. The maximum atomic E-state index is 13.4. The molecule has 3 nitrogen and oxygen atoms in total. The SMILES string of the molecule is CCSc1ncc(-c2ccc(-c3nc(C(F)(F)F)cn3-c3ccccc3Cl)s2)cc1C. The topological polar surface area (TPSA) is 30.7 Å². The first-order valence-corrected chi connectivity index (χ1v) is 11.6.